The van der Waals surface area contributed by atoms with Crippen LogP contribution in [0.15, 0.2) is 16.5 Å². The molecule has 0 spiro atoms. The van der Waals surface area contributed by atoms with Gasteiger partial charge in [0.05, 0.1) is 0 Å². The van der Waals surface area contributed by atoms with Crippen molar-refractivity contribution in [3.05, 3.63) is 23.7 Å². The third-order valence-electron chi connectivity index (χ3n) is 2.41. The average Bonchev–Trinajstić information content (AvgIpc) is 2.95. The van der Waals surface area contributed by atoms with Gasteiger partial charge in [0.2, 0.25) is 17.9 Å². The molecule has 2 heterocycles. The first-order valence-electron chi connectivity index (χ1n) is 5.36. The first-order chi connectivity index (χ1) is 9.81. The van der Waals surface area contributed by atoms with Gasteiger partial charge in [-0.25, -0.2) is 19.3 Å². The summed E-state index contributed by atoms with van der Waals surface area (Å²) in [6.07, 6.45) is -2.36. The number of aliphatic hydroxyl groups is 2. The molecule has 1 fully saturated rings. The van der Waals surface area contributed by atoms with E-state index in [-0.39, 0.29) is 9.96 Å². The number of imide groups is 1. The van der Waals surface area contributed by atoms with Gasteiger partial charge in [0, 0.05) is 0 Å². The number of rotatable bonds is 4. The normalized spacial score (nSPS) is 15.0. The zero-order chi connectivity index (χ0) is 15.7. The van der Waals surface area contributed by atoms with Crippen molar-refractivity contribution in [3.63, 3.8) is 0 Å². The number of aromatic carboxylic acids is 1. The summed E-state index contributed by atoms with van der Waals surface area (Å²) in [6.45, 7) is -0.714. The van der Waals surface area contributed by atoms with Crippen LogP contribution < -0.4 is 0 Å². The monoisotopic (exact) mass is 300 g/mol. The van der Waals surface area contributed by atoms with Crippen LogP contribution in [0.2, 0.25) is 0 Å². The van der Waals surface area contributed by atoms with Crippen molar-refractivity contribution in [2.45, 2.75) is 6.41 Å². The van der Waals surface area contributed by atoms with E-state index < -0.39 is 48.4 Å². The van der Waals surface area contributed by atoms with Crippen LogP contribution in [0, 0.1) is 0 Å². The number of hydroxylamine groups is 2. The Bertz CT molecular complexity index is 620. The maximum Gasteiger partial charge on any atom is 0.398 e. The van der Waals surface area contributed by atoms with Gasteiger partial charge in [-0.1, -0.05) is 0 Å². The molecule has 1 aromatic heterocycles. The van der Waals surface area contributed by atoms with Crippen LogP contribution >= 0.6 is 0 Å². The van der Waals surface area contributed by atoms with Gasteiger partial charge in [0.1, 0.15) is 6.54 Å². The molecule has 1 aromatic rings. The fourth-order valence-electron chi connectivity index (χ4n) is 1.50. The van der Waals surface area contributed by atoms with E-state index in [1.54, 1.807) is 0 Å². The number of aliphatic hydroxyl groups excluding tert-OH is 1. The molecule has 21 heavy (non-hydrogen) atoms. The number of carboxylic acid groups (broad SMARTS) is 1. The van der Waals surface area contributed by atoms with Crippen molar-refractivity contribution in [2.24, 2.45) is 0 Å². The van der Waals surface area contributed by atoms with Gasteiger partial charge in [-0.05, 0) is 12.1 Å². The van der Waals surface area contributed by atoms with Crippen LogP contribution in [0.3, 0.4) is 0 Å². The summed E-state index contributed by atoms with van der Waals surface area (Å²) in [6, 6.07) is 0.750. The lowest BCUT2D eigenvalue weighted by molar-refractivity contribution is -0.158. The second kappa shape index (κ2) is 5.22. The third kappa shape index (κ3) is 2.68. The molecule has 0 aromatic carbocycles. The summed E-state index contributed by atoms with van der Waals surface area (Å²) in [5, 5.41) is 26.5. The van der Waals surface area contributed by atoms with Crippen molar-refractivity contribution >= 4 is 23.9 Å². The maximum absolute atomic E-state index is 11.6. The Morgan fingerprint density at radius 2 is 1.86 bits per heavy atom. The van der Waals surface area contributed by atoms with Crippen LogP contribution in [-0.4, -0.2) is 62.1 Å². The molecule has 112 valence electrons. The Balaban J connectivity index is 2.08. The van der Waals surface area contributed by atoms with Gasteiger partial charge in [-0.2, -0.15) is 0 Å². The minimum absolute atomic E-state index is 0.0676. The Kier molecular flexibility index (Phi) is 3.60. The Morgan fingerprint density at radius 1 is 1.24 bits per heavy atom. The molecule has 0 radical (unpaired) electrons. The molecular formula is C10H8N2O9. The summed E-state index contributed by atoms with van der Waals surface area (Å²) in [7, 11) is 0. The van der Waals surface area contributed by atoms with Gasteiger partial charge >= 0.3 is 18.0 Å². The summed E-state index contributed by atoms with van der Waals surface area (Å²) in [5.74, 6) is -4.64. The third-order valence-corrected chi connectivity index (χ3v) is 2.41. The van der Waals surface area contributed by atoms with Crippen LogP contribution in [0.25, 0.3) is 0 Å². The molecule has 3 amide bonds. The van der Waals surface area contributed by atoms with E-state index in [1.807, 2.05) is 0 Å². The van der Waals surface area contributed by atoms with Gasteiger partial charge in [-0.15, -0.1) is 5.06 Å². The molecule has 11 heteroatoms. The number of carbonyl (C=O) groups excluding carboxylic acids is 3. The molecular weight excluding hydrogens is 292 g/mol. The van der Waals surface area contributed by atoms with Crippen LogP contribution in [0.1, 0.15) is 21.1 Å². The molecule has 0 unspecified atom stereocenters. The summed E-state index contributed by atoms with van der Waals surface area (Å²) < 4.78 is 4.64. The zero-order valence-electron chi connectivity index (χ0n) is 10.1. The highest BCUT2D eigenvalue weighted by Gasteiger charge is 2.42. The molecule has 11 nitrogen and oxygen atoms in total. The topological polar surface area (TPSA) is 158 Å². The Hall–Kier alpha value is -2.92. The predicted octanol–water partition coefficient (Wildman–Crippen LogP) is -1.42. The van der Waals surface area contributed by atoms with E-state index >= 15 is 0 Å². The minimum Gasteiger partial charge on any atom is -0.475 e. The molecule has 1 aliphatic heterocycles. The van der Waals surface area contributed by atoms with E-state index in [9.17, 15) is 19.2 Å². The maximum atomic E-state index is 11.6. The largest absolute Gasteiger partial charge is 0.475 e. The number of hydrogen-bond acceptors (Lipinski definition) is 8. The van der Waals surface area contributed by atoms with E-state index in [0.29, 0.717) is 0 Å². The van der Waals surface area contributed by atoms with E-state index in [2.05, 4.69) is 9.25 Å². The number of furan rings is 1. The number of nitrogens with zero attached hydrogens (tertiary/aromatic N) is 2. The molecule has 0 atom stereocenters. The summed E-state index contributed by atoms with van der Waals surface area (Å²) in [4.78, 5) is 49.6. The molecule has 0 aliphatic carbocycles. The Morgan fingerprint density at radius 3 is 2.33 bits per heavy atom. The molecule has 0 saturated carbocycles. The highest BCUT2D eigenvalue weighted by molar-refractivity contribution is 6.02. The van der Waals surface area contributed by atoms with Crippen molar-refractivity contribution < 1.29 is 43.8 Å². The highest BCUT2D eigenvalue weighted by Crippen LogP contribution is 2.15. The molecule has 1 aliphatic rings. The second-order valence-corrected chi connectivity index (χ2v) is 3.78. The lowest BCUT2D eigenvalue weighted by Gasteiger charge is -2.16. The molecule has 1 saturated heterocycles. The molecule has 3 N–H and O–H groups in total. The number of urea groups is 1. The highest BCUT2D eigenvalue weighted by atomic mass is 16.7. The number of hydrogen-bond donors (Lipinski definition) is 3. The van der Waals surface area contributed by atoms with Crippen molar-refractivity contribution in [1.82, 2.24) is 9.96 Å². The number of carbonyl (C=O) groups is 4. The van der Waals surface area contributed by atoms with Crippen molar-refractivity contribution in [2.75, 3.05) is 6.54 Å². The fraction of sp³-hybridized carbons (Fsp3) is 0.200. The lowest BCUT2D eigenvalue weighted by atomic mass is 10.4. The van der Waals surface area contributed by atoms with E-state index in [4.69, 9.17) is 15.3 Å². The predicted molar refractivity (Wildman–Crippen MR) is 58.3 cm³/mol. The van der Waals surface area contributed by atoms with E-state index in [1.165, 1.54) is 0 Å². The van der Waals surface area contributed by atoms with Gasteiger partial charge in [-0.3, -0.25) is 4.79 Å². The number of carboxylic acids is 1. The van der Waals surface area contributed by atoms with Gasteiger partial charge < -0.3 is 24.6 Å². The molecule has 0 bridgehead atoms. The smallest absolute Gasteiger partial charge is 0.398 e. The van der Waals surface area contributed by atoms with E-state index in [0.717, 1.165) is 12.1 Å². The van der Waals surface area contributed by atoms with Gasteiger partial charge in [0.15, 0.2) is 0 Å². The lowest BCUT2D eigenvalue weighted by Crippen LogP contribution is -2.41. The van der Waals surface area contributed by atoms with Crippen LogP contribution in [0.5, 0.6) is 0 Å². The SMILES string of the molecule is O=C(O)c1ccc(C(=O)ON2CC(=O)N(C(O)O)C2=O)o1. The standard InChI is InChI=1S/C10H8N2O9/c13-6-3-11(9(17)12(6)10(18)19)21-8(16)5-2-1-4(20-5)7(14)15/h1-2,10,18-19H,3H2,(H,14,15). The number of amides is 3. The van der Waals surface area contributed by atoms with Crippen molar-refractivity contribution in [1.29, 1.82) is 0 Å². The summed E-state index contributed by atoms with van der Waals surface area (Å²) in [5.41, 5.74) is 0. The summed E-state index contributed by atoms with van der Waals surface area (Å²) >= 11 is 0. The van der Waals surface area contributed by atoms with Crippen LogP contribution in [-0.2, 0) is 9.63 Å². The molecule has 2 rings (SSSR count). The van der Waals surface area contributed by atoms with Crippen LogP contribution in [0.4, 0.5) is 4.79 Å². The van der Waals surface area contributed by atoms with Crippen molar-refractivity contribution in [3.8, 4) is 0 Å². The minimum atomic E-state index is -2.36. The second-order valence-electron chi connectivity index (χ2n) is 3.78. The quantitative estimate of drug-likeness (QED) is 0.448. The fourth-order valence-corrected chi connectivity index (χ4v) is 1.50. The van der Waals surface area contributed by atoms with Gasteiger partial charge in [0.25, 0.3) is 5.91 Å². The first-order valence-corrected chi connectivity index (χ1v) is 5.36. The zero-order valence-corrected chi connectivity index (χ0v) is 10.1. The Labute approximate surface area is 115 Å². The first kappa shape index (κ1) is 14.5. The average molecular weight is 300 g/mol.